The summed E-state index contributed by atoms with van der Waals surface area (Å²) in [5, 5.41) is 2.81. The molecule has 2 heterocycles. The Hall–Kier alpha value is -1.82. The smallest absolute Gasteiger partial charge is 0.407 e. The van der Waals surface area contributed by atoms with Crippen molar-refractivity contribution >= 4 is 6.09 Å². The molecule has 6 nitrogen and oxygen atoms in total. The van der Waals surface area contributed by atoms with E-state index in [4.69, 9.17) is 9.47 Å². The first-order chi connectivity index (χ1) is 12.2. The second kappa shape index (κ2) is 10.4. The first kappa shape index (κ1) is 22.2. The van der Waals surface area contributed by atoms with Crippen molar-refractivity contribution in [1.29, 1.82) is 0 Å². The third kappa shape index (κ3) is 7.60. The van der Waals surface area contributed by atoms with Crippen LogP contribution in [0.2, 0.25) is 0 Å². The topological polar surface area (TPSA) is 63.7 Å². The lowest BCUT2D eigenvalue weighted by atomic mass is 10.0. The highest BCUT2D eigenvalue weighted by Gasteiger charge is 2.21. The Labute approximate surface area is 158 Å². The SMILES string of the molecule is CC.CC(C)Oc1ccnc2c1CN(CCNC(=O)OC(C)(C)C)CC2. The maximum absolute atomic E-state index is 11.7. The van der Waals surface area contributed by atoms with E-state index in [1.165, 1.54) is 0 Å². The molecule has 0 aromatic carbocycles. The fourth-order valence-electron chi connectivity index (χ4n) is 2.65. The lowest BCUT2D eigenvalue weighted by Crippen LogP contribution is -2.40. The molecular formula is C20H35N3O3. The number of pyridine rings is 1. The second-order valence-corrected chi connectivity index (χ2v) is 7.36. The number of rotatable bonds is 5. The van der Waals surface area contributed by atoms with Gasteiger partial charge in [0.1, 0.15) is 11.4 Å². The van der Waals surface area contributed by atoms with Crippen LogP contribution in [0.15, 0.2) is 12.3 Å². The van der Waals surface area contributed by atoms with Gasteiger partial charge < -0.3 is 14.8 Å². The number of ether oxygens (including phenoxy) is 2. The van der Waals surface area contributed by atoms with Crippen LogP contribution in [0.3, 0.4) is 0 Å². The lowest BCUT2D eigenvalue weighted by molar-refractivity contribution is 0.0521. The number of alkyl carbamates (subject to hydrolysis) is 1. The highest BCUT2D eigenvalue weighted by molar-refractivity contribution is 5.67. The van der Waals surface area contributed by atoms with Crippen molar-refractivity contribution in [2.45, 2.75) is 73.1 Å². The van der Waals surface area contributed by atoms with Crippen molar-refractivity contribution in [3.05, 3.63) is 23.5 Å². The van der Waals surface area contributed by atoms with Gasteiger partial charge in [0, 0.05) is 50.1 Å². The number of nitrogens with one attached hydrogen (secondary N) is 1. The number of hydrogen-bond acceptors (Lipinski definition) is 5. The minimum atomic E-state index is -0.469. The molecule has 0 spiro atoms. The van der Waals surface area contributed by atoms with Gasteiger partial charge in [-0.1, -0.05) is 13.8 Å². The van der Waals surface area contributed by atoms with Crippen molar-refractivity contribution in [1.82, 2.24) is 15.2 Å². The van der Waals surface area contributed by atoms with Crippen molar-refractivity contribution in [3.8, 4) is 5.75 Å². The molecule has 1 aliphatic heterocycles. The average molecular weight is 366 g/mol. The molecule has 0 bridgehead atoms. The summed E-state index contributed by atoms with van der Waals surface area (Å²) in [7, 11) is 0. The van der Waals surface area contributed by atoms with Crippen molar-refractivity contribution in [2.75, 3.05) is 19.6 Å². The molecule has 1 N–H and O–H groups in total. The molecule has 0 saturated heterocycles. The lowest BCUT2D eigenvalue weighted by Gasteiger charge is -2.29. The zero-order chi connectivity index (χ0) is 19.7. The summed E-state index contributed by atoms with van der Waals surface area (Å²) in [6.45, 7) is 16.7. The first-order valence-electron chi connectivity index (χ1n) is 9.57. The highest BCUT2D eigenvalue weighted by atomic mass is 16.6. The number of hydrogen-bond donors (Lipinski definition) is 1. The van der Waals surface area contributed by atoms with Gasteiger partial charge in [0.15, 0.2) is 0 Å². The molecule has 1 aliphatic rings. The molecule has 0 saturated carbocycles. The number of carbonyl (C=O) groups excluding carboxylic acids is 1. The first-order valence-corrected chi connectivity index (χ1v) is 9.57. The predicted octanol–water partition coefficient (Wildman–Crippen LogP) is 3.78. The molecule has 0 aliphatic carbocycles. The van der Waals surface area contributed by atoms with Gasteiger partial charge in [-0.05, 0) is 40.7 Å². The van der Waals surface area contributed by atoms with Gasteiger partial charge in [0.25, 0.3) is 0 Å². The van der Waals surface area contributed by atoms with E-state index in [9.17, 15) is 4.79 Å². The van der Waals surface area contributed by atoms with Gasteiger partial charge in [-0.25, -0.2) is 4.79 Å². The molecule has 148 valence electrons. The van der Waals surface area contributed by atoms with E-state index in [0.29, 0.717) is 6.54 Å². The standard InChI is InChI=1S/C18H29N3O3.C2H6/c1-13(2)23-16-6-8-19-15-7-10-21(12-14(15)16)11-9-20-17(22)24-18(3,4)5;1-2/h6,8,13H,7,9-12H2,1-5H3,(H,20,22);1-2H3. The summed E-state index contributed by atoms with van der Waals surface area (Å²) >= 11 is 0. The van der Waals surface area contributed by atoms with E-state index >= 15 is 0 Å². The fraction of sp³-hybridized carbons (Fsp3) is 0.700. The monoisotopic (exact) mass is 365 g/mol. The molecule has 2 rings (SSSR count). The Balaban J connectivity index is 0.00000163. The van der Waals surface area contributed by atoms with E-state index in [0.717, 1.165) is 43.1 Å². The van der Waals surface area contributed by atoms with Crippen LogP contribution in [-0.4, -0.2) is 47.3 Å². The van der Waals surface area contributed by atoms with E-state index in [2.05, 4.69) is 15.2 Å². The van der Waals surface area contributed by atoms with Crippen molar-refractivity contribution < 1.29 is 14.3 Å². The Morgan fingerprint density at radius 3 is 2.65 bits per heavy atom. The van der Waals surface area contributed by atoms with Crippen molar-refractivity contribution in [3.63, 3.8) is 0 Å². The molecule has 1 amide bonds. The maximum Gasteiger partial charge on any atom is 0.407 e. The summed E-state index contributed by atoms with van der Waals surface area (Å²) in [6, 6.07) is 1.93. The van der Waals surface area contributed by atoms with Crippen LogP contribution in [0.1, 0.15) is 59.7 Å². The minimum absolute atomic E-state index is 0.140. The summed E-state index contributed by atoms with van der Waals surface area (Å²) in [5.41, 5.74) is 1.81. The quantitative estimate of drug-likeness (QED) is 0.860. The summed E-state index contributed by atoms with van der Waals surface area (Å²) in [6.07, 6.45) is 2.49. The van der Waals surface area contributed by atoms with Crippen LogP contribution in [-0.2, 0) is 17.7 Å². The zero-order valence-electron chi connectivity index (χ0n) is 17.4. The average Bonchev–Trinajstić information content (AvgIpc) is 2.55. The fourth-order valence-corrected chi connectivity index (χ4v) is 2.65. The van der Waals surface area contributed by atoms with Crippen LogP contribution in [0, 0.1) is 0 Å². The molecular weight excluding hydrogens is 330 g/mol. The van der Waals surface area contributed by atoms with Crippen LogP contribution in [0.25, 0.3) is 0 Å². The van der Waals surface area contributed by atoms with Gasteiger partial charge in [-0.3, -0.25) is 9.88 Å². The largest absolute Gasteiger partial charge is 0.491 e. The highest BCUT2D eigenvalue weighted by Crippen LogP contribution is 2.27. The van der Waals surface area contributed by atoms with E-state index < -0.39 is 5.60 Å². The number of amides is 1. The van der Waals surface area contributed by atoms with Gasteiger partial charge >= 0.3 is 6.09 Å². The van der Waals surface area contributed by atoms with E-state index in [1.54, 1.807) is 0 Å². The number of fused-ring (bicyclic) bond motifs is 1. The number of carbonyl (C=O) groups is 1. The Bertz CT molecular complexity index is 568. The number of nitrogens with zero attached hydrogens (tertiary/aromatic N) is 2. The van der Waals surface area contributed by atoms with Crippen LogP contribution in [0.4, 0.5) is 4.79 Å². The summed E-state index contributed by atoms with van der Waals surface area (Å²) < 4.78 is 11.1. The Morgan fingerprint density at radius 2 is 2.04 bits per heavy atom. The third-order valence-corrected chi connectivity index (χ3v) is 3.61. The second-order valence-electron chi connectivity index (χ2n) is 7.36. The normalized spacial score (nSPS) is 14.2. The molecule has 0 fully saturated rings. The van der Waals surface area contributed by atoms with Gasteiger partial charge in [0.2, 0.25) is 0 Å². The summed E-state index contributed by atoms with van der Waals surface area (Å²) in [5.74, 6) is 0.916. The van der Waals surface area contributed by atoms with Crippen LogP contribution in [0.5, 0.6) is 5.75 Å². The predicted molar refractivity (Wildman–Crippen MR) is 105 cm³/mol. The summed E-state index contributed by atoms with van der Waals surface area (Å²) in [4.78, 5) is 18.5. The van der Waals surface area contributed by atoms with E-state index in [-0.39, 0.29) is 12.2 Å². The van der Waals surface area contributed by atoms with Gasteiger partial charge in [0.05, 0.1) is 6.10 Å². The van der Waals surface area contributed by atoms with E-state index in [1.807, 2.05) is 60.7 Å². The van der Waals surface area contributed by atoms with Crippen molar-refractivity contribution in [2.24, 2.45) is 0 Å². The molecule has 0 atom stereocenters. The van der Waals surface area contributed by atoms with Crippen LogP contribution >= 0.6 is 0 Å². The Kier molecular flexibility index (Phi) is 8.85. The maximum atomic E-state index is 11.7. The minimum Gasteiger partial charge on any atom is -0.491 e. The number of aromatic nitrogens is 1. The molecule has 1 aromatic heterocycles. The van der Waals surface area contributed by atoms with Gasteiger partial charge in [-0.2, -0.15) is 0 Å². The molecule has 26 heavy (non-hydrogen) atoms. The zero-order valence-corrected chi connectivity index (χ0v) is 17.4. The molecule has 0 radical (unpaired) electrons. The Morgan fingerprint density at radius 1 is 1.35 bits per heavy atom. The molecule has 1 aromatic rings. The third-order valence-electron chi connectivity index (χ3n) is 3.61. The van der Waals surface area contributed by atoms with Gasteiger partial charge in [-0.15, -0.1) is 0 Å². The molecule has 6 heteroatoms. The van der Waals surface area contributed by atoms with Crippen LogP contribution < -0.4 is 10.1 Å². The molecule has 0 unspecified atom stereocenters.